The Morgan fingerprint density at radius 1 is 1.26 bits per heavy atom. The van der Waals surface area contributed by atoms with E-state index in [-0.39, 0.29) is 6.04 Å². The number of morpholine rings is 1. The van der Waals surface area contributed by atoms with Crippen molar-refractivity contribution in [2.75, 3.05) is 43.3 Å². The monoisotopic (exact) mass is 463 g/mol. The molecule has 2 aromatic rings. The summed E-state index contributed by atoms with van der Waals surface area (Å²) in [6.07, 6.45) is 1.23. The molecule has 0 unspecified atom stereocenters. The molecule has 0 spiro atoms. The molecule has 2 N–H and O–H groups in total. The van der Waals surface area contributed by atoms with E-state index in [4.69, 9.17) is 21.9 Å². The Bertz CT molecular complexity index is 1060. The number of ether oxygens (including phenoxy) is 1. The second-order valence-electron chi connectivity index (χ2n) is 8.12. The van der Waals surface area contributed by atoms with Gasteiger partial charge in [0.15, 0.2) is 20.8 Å². The molecule has 0 radical (unpaired) electrons. The summed E-state index contributed by atoms with van der Waals surface area (Å²) in [6.45, 7) is 7.28. The van der Waals surface area contributed by atoms with Crippen LogP contribution in [0.15, 0.2) is 30.3 Å². The number of thiocarbonyl (C=S) groups is 1. The minimum atomic E-state index is -3.40. The third-order valence-corrected chi connectivity index (χ3v) is 7.92. The lowest BCUT2D eigenvalue weighted by atomic mass is 10.1. The van der Waals surface area contributed by atoms with E-state index in [1.807, 2.05) is 24.3 Å². The van der Waals surface area contributed by atoms with Crippen LogP contribution in [0.4, 0.5) is 11.5 Å². The van der Waals surface area contributed by atoms with E-state index < -0.39 is 14.6 Å². The Kier molecular flexibility index (Phi) is 6.82. The van der Waals surface area contributed by atoms with E-state index in [0.29, 0.717) is 42.2 Å². The van der Waals surface area contributed by atoms with E-state index in [9.17, 15) is 8.42 Å². The van der Waals surface area contributed by atoms with Crippen molar-refractivity contribution < 1.29 is 13.2 Å². The Morgan fingerprint density at radius 2 is 1.94 bits per heavy atom. The van der Waals surface area contributed by atoms with Crippen molar-refractivity contribution in [1.82, 2.24) is 15.3 Å². The highest BCUT2D eigenvalue weighted by molar-refractivity contribution is 7.91. The van der Waals surface area contributed by atoms with Crippen LogP contribution < -0.4 is 15.5 Å². The molecule has 31 heavy (non-hydrogen) atoms. The van der Waals surface area contributed by atoms with Gasteiger partial charge < -0.3 is 20.3 Å². The maximum atomic E-state index is 12.5. The van der Waals surface area contributed by atoms with E-state index in [0.717, 1.165) is 11.3 Å². The fourth-order valence-corrected chi connectivity index (χ4v) is 3.78. The maximum absolute atomic E-state index is 12.5. The molecule has 1 aliphatic heterocycles. The summed E-state index contributed by atoms with van der Waals surface area (Å²) < 4.78 is 29.4. The number of nitrogens with one attached hydrogen (secondary N) is 2. The fourth-order valence-electron chi connectivity index (χ4n) is 3.17. The lowest BCUT2D eigenvalue weighted by Crippen LogP contribution is -2.44. The summed E-state index contributed by atoms with van der Waals surface area (Å²) in [7, 11) is -1.65. The van der Waals surface area contributed by atoms with Crippen molar-refractivity contribution in [3.63, 3.8) is 0 Å². The number of benzene rings is 1. The first-order chi connectivity index (χ1) is 14.5. The maximum Gasteiger partial charge on any atom is 0.170 e. The van der Waals surface area contributed by atoms with Gasteiger partial charge in [0.2, 0.25) is 0 Å². The van der Waals surface area contributed by atoms with Crippen LogP contribution in [0.2, 0.25) is 0 Å². The molecule has 10 heteroatoms. The molecule has 1 aromatic heterocycles. The van der Waals surface area contributed by atoms with Gasteiger partial charge in [-0.3, -0.25) is 0 Å². The first-order valence-electron chi connectivity index (χ1n) is 10.1. The summed E-state index contributed by atoms with van der Waals surface area (Å²) in [5.41, 5.74) is 2.08. The third-order valence-electron chi connectivity index (χ3n) is 5.55. The molecule has 1 aromatic carbocycles. The minimum absolute atomic E-state index is 0.125. The van der Waals surface area contributed by atoms with Gasteiger partial charge in [0.1, 0.15) is 10.6 Å². The highest BCUT2D eigenvalue weighted by atomic mass is 32.2. The average molecular weight is 464 g/mol. The first kappa shape index (κ1) is 23.4. The largest absolute Gasteiger partial charge is 0.377 e. The van der Waals surface area contributed by atoms with E-state index in [2.05, 4.69) is 27.4 Å². The van der Waals surface area contributed by atoms with Gasteiger partial charge in [-0.05, 0) is 57.3 Å². The number of hydrogen-bond donors (Lipinski definition) is 2. The van der Waals surface area contributed by atoms with E-state index in [1.165, 1.54) is 6.26 Å². The Labute approximate surface area is 189 Å². The van der Waals surface area contributed by atoms with Crippen LogP contribution >= 0.6 is 12.2 Å². The molecular formula is C21H29N5O3S2. The first-order valence-corrected chi connectivity index (χ1v) is 12.4. The molecule has 1 saturated heterocycles. The van der Waals surface area contributed by atoms with Crippen molar-refractivity contribution >= 4 is 38.7 Å². The molecule has 0 saturated carbocycles. The van der Waals surface area contributed by atoms with E-state index in [1.54, 1.807) is 27.0 Å². The second kappa shape index (κ2) is 9.05. The highest BCUT2D eigenvalue weighted by Gasteiger charge is 2.35. The zero-order valence-electron chi connectivity index (χ0n) is 18.5. The standard InChI is InChI=1S/C21H29N5O3S2/c1-14-13-29-11-10-26(14)18-12-17(21(2,3)31(5,27)28)24-19(25-18)15-6-8-16(9-7-15)23-20(30)22-4/h6-9,12,14H,10-11,13H2,1-5H3,(H2,22,23,30)/t14-/m0/s1. The van der Waals surface area contributed by atoms with Gasteiger partial charge in [0.25, 0.3) is 0 Å². The summed E-state index contributed by atoms with van der Waals surface area (Å²) in [5.74, 6) is 1.18. The molecule has 3 rings (SSSR count). The second-order valence-corrected chi connectivity index (χ2v) is 11.1. The van der Waals surface area contributed by atoms with Gasteiger partial charge >= 0.3 is 0 Å². The molecule has 1 fully saturated rings. The number of sulfone groups is 1. The summed E-state index contributed by atoms with van der Waals surface area (Å²) in [4.78, 5) is 11.6. The zero-order chi connectivity index (χ0) is 22.8. The van der Waals surface area contributed by atoms with Crippen molar-refractivity contribution in [3.05, 3.63) is 36.0 Å². The third kappa shape index (κ3) is 5.13. The van der Waals surface area contributed by atoms with Gasteiger partial charge in [-0.1, -0.05) is 0 Å². The molecule has 1 atom stereocenters. The molecule has 0 bridgehead atoms. The number of anilines is 2. The lowest BCUT2D eigenvalue weighted by Gasteiger charge is -2.35. The minimum Gasteiger partial charge on any atom is -0.377 e. The van der Waals surface area contributed by atoms with Crippen LogP contribution in [-0.4, -0.2) is 62.6 Å². The van der Waals surface area contributed by atoms with Crippen LogP contribution in [0.1, 0.15) is 26.5 Å². The number of rotatable bonds is 5. The summed E-state index contributed by atoms with van der Waals surface area (Å²) in [5, 5.41) is 6.46. The van der Waals surface area contributed by atoms with Crippen LogP contribution in [0.3, 0.4) is 0 Å². The number of nitrogens with zero attached hydrogens (tertiary/aromatic N) is 3. The van der Waals surface area contributed by atoms with Gasteiger partial charge in [-0.25, -0.2) is 18.4 Å². The summed E-state index contributed by atoms with van der Waals surface area (Å²) >= 11 is 5.14. The highest BCUT2D eigenvalue weighted by Crippen LogP contribution is 2.32. The fraction of sp³-hybridized carbons (Fsp3) is 0.476. The van der Waals surface area contributed by atoms with Gasteiger partial charge in [-0.2, -0.15) is 0 Å². The summed E-state index contributed by atoms with van der Waals surface area (Å²) in [6, 6.07) is 9.45. The molecule has 1 aliphatic rings. The van der Waals surface area contributed by atoms with Crippen molar-refractivity contribution in [2.24, 2.45) is 0 Å². The van der Waals surface area contributed by atoms with Crippen molar-refractivity contribution in [1.29, 1.82) is 0 Å². The molecular weight excluding hydrogens is 434 g/mol. The van der Waals surface area contributed by atoms with Gasteiger partial charge in [-0.15, -0.1) is 0 Å². The topological polar surface area (TPSA) is 96.5 Å². The van der Waals surface area contributed by atoms with Crippen LogP contribution in [0.5, 0.6) is 0 Å². The Balaban J connectivity index is 2.08. The Hall–Kier alpha value is -2.30. The molecule has 2 heterocycles. The van der Waals surface area contributed by atoms with Crippen molar-refractivity contribution in [3.8, 4) is 11.4 Å². The van der Waals surface area contributed by atoms with Crippen molar-refractivity contribution in [2.45, 2.75) is 31.6 Å². The molecule has 0 aliphatic carbocycles. The average Bonchev–Trinajstić information content (AvgIpc) is 2.73. The molecule has 168 valence electrons. The molecule has 0 amide bonds. The number of hydrogen-bond acceptors (Lipinski definition) is 7. The quantitative estimate of drug-likeness (QED) is 0.649. The smallest absolute Gasteiger partial charge is 0.170 e. The SMILES string of the molecule is CNC(=S)Nc1ccc(-c2nc(N3CCOC[C@@H]3C)cc(C(C)(C)S(C)(=O)=O)n2)cc1. The van der Waals surface area contributed by atoms with Gasteiger partial charge in [0, 0.05) is 37.2 Å². The van der Waals surface area contributed by atoms with Gasteiger partial charge in [0.05, 0.1) is 24.9 Å². The zero-order valence-corrected chi connectivity index (χ0v) is 20.1. The number of aromatic nitrogens is 2. The Morgan fingerprint density at radius 3 is 2.52 bits per heavy atom. The van der Waals surface area contributed by atoms with Crippen LogP contribution in [0, 0.1) is 0 Å². The van der Waals surface area contributed by atoms with E-state index >= 15 is 0 Å². The normalized spacial score (nSPS) is 17.3. The lowest BCUT2D eigenvalue weighted by molar-refractivity contribution is 0.0985. The predicted octanol–water partition coefficient (Wildman–Crippen LogP) is 2.56. The molecule has 8 nitrogen and oxygen atoms in total. The van der Waals surface area contributed by atoms with Crippen LogP contribution in [-0.2, 0) is 19.3 Å². The van der Waals surface area contributed by atoms with Crippen LogP contribution in [0.25, 0.3) is 11.4 Å². The predicted molar refractivity (Wildman–Crippen MR) is 128 cm³/mol.